The molecule has 1 unspecified atom stereocenters. The van der Waals surface area contributed by atoms with E-state index in [-0.39, 0.29) is 11.9 Å². The van der Waals surface area contributed by atoms with Crippen LogP contribution in [0, 0.1) is 0 Å². The van der Waals surface area contributed by atoms with Gasteiger partial charge in [0.2, 0.25) is 0 Å². The summed E-state index contributed by atoms with van der Waals surface area (Å²) in [6, 6.07) is 2.54. The summed E-state index contributed by atoms with van der Waals surface area (Å²) in [5.41, 5.74) is 0.898. The Morgan fingerprint density at radius 3 is 2.75 bits per heavy atom. The van der Waals surface area contributed by atoms with Gasteiger partial charge in [0.25, 0.3) is 0 Å². The first kappa shape index (κ1) is 13.8. The van der Waals surface area contributed by atoms with E-state index >= 15 is 0 Å². The normalized spacial score (nSPS) is 24.7. The Labute approximate surface area is 120 Å². The molecule has 3 rings (SSSR count). The van der Waals surface area contributed by atoms with E-state index in [1.165, 1.54) is 32.1 Å². The number of hydrogen-bond acceptors (Lipinski definition) is 3. The Hall–Kier alpha value is -1.16. The van der Waals surface area contributed by atoms with E-state index in [1.54, 1.807) is 0 Å². The van der Waals surface area contributed by atoms with Crippen molar-refractivity contribution in [2.45, 2.75) is 69.9 Å². The highest BCUT2D eigenvalue weighted by molar-refractivity contribution is 5.84. The van der Waals surface area contributed by atoms with Crippen LogP contribution in [0.15, 0.2) is 12.3 Å². The maximum Gasteiger partial charge on any atom is 0.167 e. The second-order valence-electron chi connectivity index (χ2n) is 6.08. The molecule has 1 atom stereocenters. The molecule has 0 bridgehead atoms. The highest BCUT2D eigenvalue weighted by Gasteiger charge is 2.23. The van der Waals surface area contributed by atoms with Crippen LogP contribution in [0.2, 0.25) is 0 Å². The molecule has 2 aliphatic rings. The van der Waals surface area contributed by atoms with Crippen molar-refractivity contribution < 1.29 is 9.53 Å². The lowest BCUT2D eigenvalue weighted by atomic mass is 9.96. The van der Waals surface area contributed by atoms with Crippen molar-refractivity contribution in [1.82, 2.24) is 9.78 Å². The minimum atomic E-state index is -0.191. The molecule has 0 radical (unpaired) electrons. The van der Waals surface area contributed by atoms with E-state index in [2.05, 4.69) is 9.78 Å². The van der Waals surface area contributed by atoms with E-state index in [0.717, 1.165) is 31.6 Å². The number of carbonyl (C=O) groups excluding carboxylic acids is 1. The molecule has 2 heterocycles. The van der Waals surface area contributed by atoms with E-state index in [4.69, 9.17) is 4.74 Å². The van der Waals surface area contributed by atoms with Crippen LogP contribution in [0.4, 0.5) is 0 Å². The van der Waals surface area contributed by atoms with Gasteiger partial charge in [0.05, 0.1) is 18.2 Å². The minimum Gasteiger partial charge on any atom is -0.370 e. The molecule has 0 spiro atoms. The van der Waals surface area contributed by atoms with Gasteiger partial charge in [0.1, 0.15) is 6.10 Å². The number of Topliss-reactive ketones (excluding diaryl/α,β-unsaturated/α-hetero) is 1. The average Bonchev–Trinajstić information content (AvgIpc) is 2.97. The molecule has 1 aliphatic heterocycles. The lowest BCUT2D eigenvalue weighted by Crippen LogP contribution is -2.29. The molecule has 1 aliphatic carbocycles. The van der Waals surface area contributed by atoms with Crippen molar-refractivity contribution in [2.24, 2.45) is 0 Å². The quantitative estimate of drug-likeness (QED) is 0.849. The van der Waals surface area contributed by atoms with Crippen molar-refractivity contribution in [3.05, 3.63) is 18.0 Å². The predicted molar refractivity (Wildman–Crippen MR) is 76.7 cm³/mol. The van der Waals surface area contributed by atoms with Gasteiger partial charge in [-0.3, -0.25) is 9.48 Å². The van der Waals surface area contributed by atoms with Gasteiger partial charge < -0.3 is 4.74 Å². The largest absolute Gasteiger partial charge is 0.370 e. The standard InChI is InChI=1S/C16H24N2O2/c19-15(16-8-4-5-11-20-16)12-13-9-10-18(17-13)14-6-2-1-3-7-14/h9-10,14,16H,1-8,11-12H2. The first-order valence-corrected chi connectivity index (χ1v) is 8.01. The summed E-state index contributed by atoms with van der Waals surface area (Å²) in [5, 5.41) is 4.61. The number of carbonyl (C=O) groups is 1. The van der Waals surface area contributed by atoms with Crippen LogP contribution < -0.4 is 0 Å². The van der Waals surface area contributed by atoms with Gasteiger partial charge in [0.15, 0.2) is 5.78 Å². The molecule has 0 amide bonds. The number of hydrogen-bond donors (Lipinski definition) is 0. The molecule has 0 N–H and O–H groups in total. The zero-order valence-corrected chi connectivity index (χ0v) is 12.1. The summed E-state index contributed by atoms with van der Waals surface area (Å²) in [5.74, 6) is 0.193. The summed E-state index contributed by atoms with van der Waals surface area (Å²) in [4.78, 5) is 12.2. The van der Waals surface area contributed by atoms with Crippen LogP contribution in [0.1, 0.15) is 63.1 Å². The monoisotopic (exact) mass is 276 g/mol. The van der Waals surface area contributed by atoms with Gasteiger partial charge in [0, 0.05) is 12.8 Å². The Bertz CT molecular complexity index is 443. The molecule has 2 fully saturated rings. The molecule has 4 heteroatoms. The Kier molecular flexibility index (Phi) is 4.51. The topological polar surface area (TPSA) is 44.1 Å². The molecule has 4 nitrogen and oxygen atoms in total. The Morgan fingerprint density at radius 1 is 1.20 bits per heavy atom. The predicted octanol–water partition coefficient (Wildman–Crippen LogP) is 3.07. The fourth-order valence-electron chi connectivity index (χ4n) is 3.31. The van der Waals surface area contributed by atoms with E-state index in [9.17, 15) is 4.79 Å². The fourth-order valence-corrected chi connectivity index (χ4v) is 3.31. The van der Waals surface area contributed by atoms with Gasteiger partial charge in [-0.2, -0.15) is 5.10 Å². The summed E-state index contributed by atoms with van der Waals surface area (Å²) in [6.45, 7) is 0.729. The highest BCUT2D eigenvalue weighted by atomic mass is 16.5. The lowest BCUT2D eigenvalue weighted by Gasteiger charge is -2.22. The first-order chi connectivity index (χ1) is 9.83. The van der Waals surface area contributed by atoms with Crippen LogP contribution in [0.25, 0.3) is 0 Å². The van der Waals surface area contributed by atoms with Gasteiger partial charge in [-0.25, -0.2) is 0 Å². The van der Waals surface area contributed by atoms with Crippen LogP contribution >= 0.6 is 0 Å². The summed E-state index contributed by atoms with van der Waals surface area (Å²) >= 11 is 0. The van der Waals surface area contributed by atoms with Crippen LogP contribution in [0.3, 0.4) is 0 Å². The SMILES string of the molecule is O=C(Cc1ccn(C2CCCCC2)n1)C1CCCCO1. The van der Waals surface area contributed by atoms with Crippen molar-refractivity contribution in [3.8, 4) is 0 Å². The second-order valence-corrected chi connectivity index (χ2v) is 6.08. The van der Waals surface area contributed by atoms with Gasteiger partial charge in [-0.15, -0.1) is 0 Å². The van der Waals surface area contributed by atoms with E-state index in [1.807, 2.05) is 12.3 Å². The molecule has 0 aromatic carbocycles. The summed E-state index contributed by atoms with van der Waals surface area (Å²) in [7, 11) is 0. The highest BCUT2D eigenvalue weighted by Crippen LogP contribution is 2.27. The molecule has 1 aromatic heterocycles. The van der Waals surface area contributed by atoms with Crippen molar-refractivity contribution in [2.75, 3.05) is 6.61 Å². The van der Waals surface area contributed by atoms with Gasteiger partial charge >= 0.3 is 0 Å². The maximum atomic E-state index is 12.2. The summed E-state index contributed by atoms with van der Waals surface area (Å²) < 4.78 is 7.62. The van der Waals surface area contributed by atoms with Crippen molar-refractivity contribution in [3.63, 3.8) is 0 Å². The van der Waals surface area contributed by atoms with Gasteiger partial charge in [-0.1, -0.05) is 19.3 Å². The molecule has 1 saturated heterocycles. The average molecular weight is 276 g/mol. The molecule has 1 saturated carbocycles. The number of rotatable bonds is 4. The summed E-state index contributed by atoms with van der Waals surface area (Å²) in [6.07, 6.45) is 11.7. The lowest BCUT2D eigenvalue weighted by molar-refractivity contribution is -0.132. The second kappa shape index (κ2) is 6.53. The van der Waals surface area contributed by atoms with E-state index in [0.29, 0.717) is 12.5 Å². The third-order valence-electron chi connectivity index (χ3n) is 4.51. The maximum absolute atomic E-state index is 12.2. The van der Waals surface area contributed by atoms with Crippen molar-refractivity contribution in [1.29, 1.82) is 0 Å². The smallest absolute Gasteiger partial charge is 0.167 e. The van der Waals surface area contributed by atoms with Crippen LogP contribution in [0.5, 0.6) is 0 Å². The van der Waals surface area contributed by atoms with Crippen LogP contribution in [-0.4, -0.2) is 28.3 Å². The molecular formula is C16H24N2O2. The fraction of sp³-hybridized carbons (Fsp3) is 0.750. The van der Waals surface area contributed by atoms with E-state index < -0.39 is 0 Å². The third kappa shape index (κ3) is 3.29. The number of ketones is 1. The minimum absolute atomic E-state index is 0.191. The number of ether oxygens (including phenoxy) is 1. The van der Waals surface area contributed by atoms with Crippen molar-refractivity contribution >= 4 is 5.78 Å². The van der Waals surface area contributed by atoms with Crippen LogP contribution in [-0.2, 0) is 16.0 Å². The zero-order chi connectivity index (χ0) is 13.8. The van der Waals surface area contributed by atoms with Gasteiger partial charge in [-0.05, 0) is 38.2 Å². The Morgan fingerprint density at radius 2 is 2.00 bits per heavy atom. The first-order valence-electron chi connectivity index (χ1n) is 8.01. The Balaban J connectivity index is 1.57. The number of aromatic nitrogens is 2. The number of nitrogens with zero attached hydrogens (tertiary/aromatic N) is 2. The molecular weight excluding hydrogens is 252 g/mol. The third-order valence-corrected chi connectivity index (χ3v) is 4.51. The zero-order valence-electron chi connectivity index (χ0n) is 12.1. The molecule has 110 valence electrons. The molecule has 1 aromatic rings. The molecule has 20 heavy (non-hydrogen) atoms.